The standard InChI is InChI=1S/C13H13ClFNO4S/c14-8-6-10(13(17)18)12(15)11(7-8)21(19,20)16-9-4-2-1-3-5-9/h1-2,6-7,9,16H,3-5H2,(H,17,18). The van der Waals surface area contributed by atoms with Crippen molar-refractivity contribution in [1.29, 1.82) is 0 Å². The predicted octanol–water partition coefficient (Wildman–Crippen LogP) is 2.56. The number of carbonyl (C=O) groups is 1. The van der Waals surface area contributed by atoms with Crippen LogP contribution in [0.25, 0.3) is 0 Å². The molecule has 0 bridgehead atoms. The Morgan fingerprint density at radius 3 is 2.67 bits per heavy atom. The normalized spacial score (nSPS) is 18.7. The summed E-state index contributed by atoms with van der Waals surface area (Å²) in [6.07, 6.45) is 5.61. The maximum atomic E-state index is 14.1. The van der Waals surface area contributed by atoms with Crippen molar-refractivity contribution in [3.63, 3.8) is 0 Å². The molecule has 5 nitrogen and oxygen atoms in total. The van der Waals surface area contributed by atoms with Crippen LogP contribution < -0.4 is 4.72 Å². The summed E-state index contributed by atoms with van der Waals surface area (Å²) in [6.45, 7) is 0. The fourth-order valence-corrected chi connectivity index (χ4v) is 3.79. The molecule has 0 radical (unpaired) electrons. The van der Waals surface area contributed by atoms with E-state index in [1.165, 1.54) is 0 Å². The van der Waals surface area contributed by atoms with Crippen LogP contribution in [-0.4, -0.2) is 25.5 Å². The quantitative estimate of drug-likeness (QED) is 0.829. The first kappa shape index (κ1) is 15.9. The fraction of sp³-hybridized carbons (Fsp3) is 0.308. The molecular formula is C13H13ClFNO4S. The van der Waals surface area contributed by atoms with Crippen LogP contribution in [0.15, 0.2) is 29.2 Å². The monoisotopic (exact) mass is 333 g/mol. The van der Waals surface area contributed by atoms with Gasteiger partial charge in [-0.25, -0.2) is 22.3 Å². The topological polar surface area (TPSA) is 83.5 Å². The average molecular weight is 334 g/mol. The van der Waals surface area contributed by atoms with Crippen LogP contribution in [0.4, 0.5) is 4.39 Å². The average Bonchev–Trinajstić information content (AvgIpc) is 2.41. The second kappa shape index (κ2) is 6.13. The lowest BCUT2D eigenvalue weighted by molar-refractivity contribution is 0.0691. The number of aromatic carboxylic acids is 1. The molecule has 0 amide bonds. The molecule has 1 aromatic rings. The van der Waals surface area contributed by atoms with Crippen LogP contribution in [0.5, 0.6) is 0 Å². The Balaban J connectivity index is 2.40. The molecule has 8 heteroatoms. The third-order valence-electron chi connectivity index (χ3n) is 3.11. The highest BCUT2D eigenvalue weighted by Crippen LogP contribution is 2.25. The first-order valence-corrected chi connectivity index (χ1v) is 8.07. The summed E-state index contributed by atoms with van der Waals surface area (Å²) in [5.41, 5.74) is -0.772. The maximum Gasteiger partial charge on any atom is 0.338 e. The van der Waals surface area contributed by atoms with Gasteiger partial charge >= 0.3 is 5.97 Å². The van der Waals surface area contributed by atoms with Gasteiger partial charge in [-0.05, 0) is 31.4 Å². The summed E-state index contributed by atoms with van der Waals surface area (Å²) < 4.78 is 40.9. The van der Waals surface area contributed by atoms with E-state index in [1.807, 2.05) is 12.2 Å². The smallest absolute Gasteiger partial charge is 0.338 e. The first-order chi connectivity index (χ1) is 9.81. The molecule has 0 aliphatic heterocycles. The molecule has 2 rings (SSSR count). The van der Waals surface area contributed by atoms with Crippen LogP contribution in [0.3, 0.4) is 0 Å². The summed E-state index contributed by atoms with van der Waals surface area (Å²) in [6, 6.07) is 1.44. The third kappa shape index (κ3) is 3.61. The van der Waals surface area contributed by atoms with E-state index < -0.39 is 32.3 Å². The molecule has 2 N–H and O–H groups in total. The van der Waals surface area contributed by atoms with Crippen molar-refractivity contribution in [3.05, 3.63) is 40.7 Å². The van der Waals surface area contributed by atoms with Gasteiger partial charge in [0.05, 0.1) is 5.56 Å². The summed E-state index contributed by atoms with van der Waals surface area (Å²) in [5.74, 6) is -2.89. The Morgan fingerprint density at radius 2 is 2.10 bits per heavy atom. The number of nitrogens with one attached hydrogen (secondary N) is 1. The highest BCUT2D eigenvalue weighted by molar-refractivity contribution is 7.89. The molecule has 21 heavy (non-hydrogen) atoms. The highest BCUT2D eigenvalue weighted by atomic mass is 35.5. The number of hydrogen-bond donors (Lipinski definition) is 2. The number of carboxylic acids is 1. The number of allylic oxidation sites excluding steroid dienone is 1. The summed E-state index contributed by atoms with van der Waals surface area (Å²) in [5, 5.41) is 8.72. The summed E-state index contributed by atoms with van der Waals surface area (Å²) in [4.78, 5) is 10.2. The molecule has 0 spiro atoms. The Bertz CT molecular complexity index is 702. The SMILES string of the molecule is O=C(O)c1cc(Cl)cc(S(=O)(=O)NC2CC=CCC2)c1F. The molecule has 0 fully saturated rings. The van der Waals surface area contributed by atoms with Crippen LogP contribution >= 0.6 is 11.6 Å². The fourth-order valence-electron chi connectivity index (χ4n) is 2.10. The van der Waals surface area contributed by atoms with Gasteiger partial charge in [-0.2, -0.15) is 0 Å². The second-order valence-electron chi connectivity index (χ2n) is 4.67. The van der Waals surface area contributed by atoms with Crippen molar-refractivity contribution in [2.75, 3.05) is 0 Å². The number of halogens is 2. The Morgan fingerprint density at radius 1 is 1.38 bits per heavy atom. The van der Waals surface area contributed by atoms with E-state index in [9.17, 15) is 17.6 Å². The molecule has 0 aromatic heterocycles. The lowest BCUT2D eigenvalue weighted by atomic mass is 10.0. The van der Waals surface area contributed by atoms with Crippen LogP contribution in [0.1, 0.15) is 29.6 Å². The molecule has 1 aromatic carbocycles. The van der Waals surface area contributed by atoms with Gasteiger partial charge < -0.3 is 5.11 Å². The Labute approximate surface area is 126 Å². The minimum absolute atomic E-state index is 0.155. The zero-order chi connectivity index (χ0) is 15.6. The molecule has 1 aliphatic rings. The molecule has 114 valence electrons. The zero-order valence-electron chi connectivity index (χ0n) is 10.8. The van der Waals surface area contributed by atoms with Gasteiger partial charge in [-0.3, -0.25) is 0 Å². The van der Waals surface area contributed by atoms with Gasteiger partial charge in [0.1, 0.15) is 4.90 Å². The largest absolute Gasteiger partial charge is 0.478 e. The van der Waals surface area contributed by atoms with E-state index in [0.717, 1.165) is 18.6 Å². The number of sulfonamides is 1. The van der Waals surface area contributed by atoms with E-state index in [4.69, 9.17) is 16.7 Å². The molecule has 1 unspecified atom stereocenters. The van der Waals surface area contributed by atoms with E-state index >= 15 is 0 Å². The number of carboxylic acid groups (broad SMARTS) is 1. The molecule has 1 aliphatic carbocycles. The predicted molar refractivity (Wildman–Crippen MR) is 75.5 cm³/mol. The van der Waals surface area contributed by atoms with Crippen molar-refractivity contribution in [2.24, 2.45) is 0 Å². The summed E-state index contributed by atoms with van der Waals surface area (Å²) >= 11 is 5.68. The molecule has 0 heterocycles. The van der Waals surface area contributed by atoms with Crippen LogP contribution in [0.2, 0.25) is 5.02 Å². The number of rotatable bonds is 4. The minimum atomic E-state index is -4.18. The Kier molecular flexibility index (Phi) is 4.65. The molecule has 1 atom stereocenters. The zero-order valence-corrected chi connectivity index (χ0v) is 12.4. The van der Waals surface area contributed by atoms with Gasteiger partial charge in [0.25, 0.3) is 0 Å². The van der Waals surface area contributed by atoms with E-state index in [-0.39, 0.29) is 11.1 Å². The van der Waals surface area contributed by atoms with Crippen molar-refractivity contribution >= 4 is 27.6 Å². The second-order valence-corrected chi connectivity index (χ2v) is 6.79. The van der Waals surface area contributed by atoms with Crippen molar-refractivity contribution in [2.45, 2.75) is 30.2 Å². The van der Waals surface area contributed by atoms with Gasteiger partial charge in [0.2, 0.25) is 10.0 Å². The van der Waals surface area contributed by atoms with Gasteiger partial charge in [-0.15, -0.1) is 0 Å². The molecule has 0 saturated carbocycles. The van der Waals surface area contributed by atoms with E-state index in [0.29, 0.717) is 12.8 Å². The first-order valence-electron chi connectivity index (χ1n) is 6.21. The third-order valence-corrected chi connectivity index (χ3v) is 4.85. The van der Waals surface area contributed by atoms with Crippen molar-refractivity contribution < 1.29 is 22.7 Å². The van der Waals surface area contributed by atoms with E-state index in [2.05, 4.69) is 4.72 Å². The lowest BCUT2D eigenvalue weighted by Crippen LogP contribution is -2.35. The summed E-state index contributed by atoms with van der Waals surface area (Å²) in [7, 11) is -4.18. The van der Waals surface area contributed by atoms with Gasteiger partial charge in [0.15, 0.2) is 5.82 Å². The Hall–Kier alpha value is -1.44. The lowest BCUT2D eigenvalue weighted by Gasteiger charge is -2.19. The van der Waals surface area contributed by atoms with Crippen LogP contribution in [-0.2, 0) is 10.0 Å². The molecular weight excluding hydrogens is 321 g/mol. The molecule has 0 saturated heterocycles. The minimum Gasteiger partial charge on any atom is -0.478 e. The number of hydrogen-bond acceptors (Lipinski definition) is 3. The van der Waals surface area contributed by atoms with E-state index in [1.54, 1.807) is 0 Å². The number of benzene rings is 1. The highest BCUT2D eigenvalue weighted by Gasteiger charge is 2.27. The van der Waals surface area contributed by atoms with Gasteiger partial charge in [-0.1, -0.05) is 23.8 Å². The van der Waals surface area contributed by atoms with Crippen LogP contribution in [0, 0.1) is 5.82 Å². The van der Waals surface area contributed by atoms with Crippen molar-refractivity contribution in [3.8, 4) is 0 Å². The van der Waals surface area contributed by atoms with Crippen molar-refractivity contribution in [1.82, 2.24) is 4.72 Å². The maximum absolute atomic E-state index is 14.1. The van der Waals surface area contributed by atoms with Gasteiger partial charge in [0, 0.05) is 11.1 Å².